The molecule has 1 saturated carbocycles. The van der Waals surface area contributed by atoms with Crippen LogP contribution < -0.4 is 5.32 Å². The normalized spacial score (nSPS) is 14.5. The molecular formula is C15H20N4O2S. The highest BCUT2D eigenvalue weighted by molar-refractivity contribution is 7.99. The number of hydrogen-bond acceptors (Lipinski definition) is 5. The molecule has 1 aliphatic carbocycles. The SMILES string of the molecule is CC(C)NC(=O)CSc1nnc(C2CC2)n1Cc1ccco1. The molecule has 22 heavy (non-hydrogen) atoms. The summed E-state index contributed by atoms with van der Waals surface area (Å²) in [5.41, 5.74) is 0. The third-order valence-electron chi connectivity index (χ3n) is 3.36. The van der Waals surface area contributed by atoms with Gasteiger partial charge in [-0.3, -0.25) is 9.36 Å². The molecule has 1 amide bonds. The van der Waals surface area contributed by atoms with Crippen LogP contribution in [0.15, 0.2) is 28.0 Å². The first-order chi connectivity index (χ1) is 10.6. The van der Waals surface area contributed by atoms with Crippen molar-refractivity contribution in [2.45, 2.75) is 50.4 Å². The standard InChI is InChI=1S/C15H20N4O2S/c1-10(2)16-13(20)9-22-15-18-17-14(11-5-6-11)19(15)8-12-4-3-7-21-12/h3-4,7,10-11H,5-6,8-9H2,1-2H3,(H,16,20). The van der Waals surface area contributed by atoms with Crippen molar-refractivity contribution in [3.05, 3.63) is 30.0 Å². The number of furan rings is 1. The summed E-state index contributed by atoms with van der Waals surface area (Å²) in [6.45, 7) is 4.51. The Labute approximate surface area is 133 Å². The van der Waals surface area contributed by atoms with Crippen molar-refractivity contribution < 1.29 is 9.21 Å². The van der Waals surface area contributed by atoms with E-state index < -0.39 is 0 Å². The van der Waals surface area contributed by atoms with Crippen molar-refractivity contribution in [3.63, 3.8) is 0 Å². The number of carbonyl (C=O) groups excluding carboxylic acids is 1. The number of aromatic nitrogens is 3. The van der Waals surface area contributed by atoms with Crippen molar-refractivity contribution in [2.24, 2.45) is 0 Å². The highest BCUT2D eigenvalue weighted by Gasteiger charge is 2.30. The van der Waals surface area contributed by atoms with Gasteiger partial charge in [-0.25, -0.2) is 0 Å². The van der Waals surface area contributed by atoms with Gasteiger partial charge in [0.2, 0.25) is 5.91 Å². The Morgan fingerprint density at radius 1 is 1.50 bits per heavy atom. The average Bonchev–Trinajstić information content (AvgIpc) is 3.03. The van der Waals surface area contributed by atoms with Gasteiger partial charge in [-0.2, -0.15) is 0 Å². The Bertz CT molecular complexity index is 632. The Morgan fingerprint density at radius 3 is 2.95 bits per heavy atom. The van der Waals surface area contributed by atoms with Crippen LogP contribution in [0.1, 0.15) is 44.2 Å². The van der Waals surface area contributed by atoms with Crippen molar-refractivity contribution in [1.29, 1.82) is 0 Å². The lowest BCUT2D eigenvalue weighted by molar-refractivity contribution is -0.119. The minimum atomic E-state index is 0.0144. The van der Waals surface area contributed by atoms with Gasteiger partial charge in [0, 0.05) is 12.0 Å². The molecular weight excluding hydrogens is 300 g/mol. The summed E-state index contributed by atoms with van der Waals surface area (Å²) in [5.74, 6) is 2.74. The number of nitrogens with one attached hydrogen (secondary N) is 1. The minimum absolute atomic E-state index is 0.0144. The van der Waals surface area contributed by atoms with Crippen LogP contribution in [-0.2, 0) is 11.3 Å². The first-order valence-electron chi connectivity index (χ1n) is 7.51. The molecule has 0 aromatic carbocycles. The Kier molecular flexibility index (Phi) is 4.52. The molecule has 0 unspecified atom stereocenters. The second-order valence-electron chi connectivity index (χ2n) is 5.79. The molecule has 0 radical (unpaired) electrons. The zero-order valence-corrected chi connectivity index (χ0v) is 13.6. The summed E-state index contributed by atoms with van der Waals surface area (Å²) >= 11 is 1.42. The lowest BCUT2D eigenvalue weighted by atomic mass is 10.3. The molecule has 0 saturated heterocycles. The van der Waals surface area contributed by atoms with Gasteiger partial charge in [-0.1, -0.05) is 11.8 Å². The molecule has 7 heteroatoms. The van der Waals surface area contributed by atoms with Gasteiger partial charge in [-0.15, -0.1) is 10.2 Å². The quantitative estimate of drug-likeness (QED) is 0.793. The second kappa shape index (κ2) is 6.56. The van der Waals surface area contributed by atoms with Crippen molar-refractivity contribution in [2.75, 3.05) is 5.75 Å². The number of amides is 1. The predicted octanol–water partition coefficient (Wildman–Crippen LogP) is 2.41. The van der Waals surface area contributed by atoms with E-state index in [-0.39, 0.29) is 11.9 Å². The van der Waals surface area contributed by atoms with Gasteiger partial charge in [-0.05, 0) is 38.8 Å². The molecule has 118 valence electrons. The van der Waals surface area contributed by atoms with Crippen LogP contribution in [0.3, 0.4) is 0 Å². The molecule has 1 fully saturated rings. The molecule has 2 aromatic heterocycles. The van der Waals surface area contributed by atoms with Crippen LogP contribution in [0.5, 0.6) is 0 Å². The van der Waals surface area contributed by atoms with Crippen LogP contribution in [-0.4, -0.2) is 32.5 Å². The van der Waals surface area contributed by atoms with Crippen molar-refractivity contribution in [1.82, 2.24) is 20.1 Å². The lowest BCUT2D eigenvalue weighted by Gasteiger charge is -2.09. The van der Waals surface area contributed by atoms with E-state index in [1.54, 1.807) is 6.26 Å². The Hall–Kier alpha value is -1.76. The lowest BCUT2D eigenvalue weighted by Crippen LogP contribution is -2.31. The van der Waals surface area contributed by atoms with E-state index in [9.17, 15) is 4.79 Å². The zero-order chi connectivity index (χ0) is 15.5. The maximum Gasteiger partial charge on any atom is 0.230 e. The van der Waals surface area contributed by atoms with Crippen molar-refractivity contribution in [3.8, 4) is 0 Å². The summed E-state index contributed by atoms with van der Waals surface area (Å²) in [6.07, 6.45) is 3.99. The maximum absolute atomic E-state index is 11.8. The van der Waals surface area contributed by atoms with Crippen LogP contribution >= 0.6 is 11.8 Å². The van der Waals surface area contributed by atoms with Crippen LogP contribution in [0.25, 0.3) is 0 Å². The number of carbonyl (C=O) groups is 1. The molecule has 2 aromatic rings. The average molecular weight is 320 g/mol. The number of thioether (sulfide) groups is 1. The largest absolute Gasteiger partial charge is 0.467 e. The van der Waals surface area contributed by atoms with E-state index in [0.717, 1.165) is 29.6 Å². The minimum Gasteiger partial charge on any atom is -0.467 e. The first-order valence-corrected chi connectivity index (χ1v) is 8.49. The Balaban J connectivity index is 1.71. The van der Waals surface area contributed by atoms with E-state index in [1.165, 1.54) is 11.8 Å². The van der Waals surface area contributed by atoms with Gasteiger partial charge in [0.05, 0.1) is 18.6 Å². The summed E-state index contributed by atoms with van der Waals surface area (Å²) < 4.78 is 7.50. The smallest absolute Gasteiger partial charge is 0.230 e. The molecule has 1 N–H and O–H groups in total. The van der Waals surface area contributed by atoms with Crippen LogP contribution in [0.2, 0.25) is 0 Å². The third kappa shape index (κ3) is 3.71. The highest BCUT2D eigenvalue weighted by Crippen LogP contribution is 2.40. The fraction of sp³-hybridized carbons (Fsp3) is 0.533. The number of rotatable bonds is 7. The van der Waals surface area contributed by atoms with E-state index in [2.05, 4.69) is 20.1 Å². The van der Waals surface area contributed by atoms with E-state index in [0.29, 0.717) is 18.2 Å². The maximum atomic E-state index is 11.8. The highest BCUT2D eigenvalue weighted by atomic mass is 32.2. The molecule has 0 atom stereocenters. The summed E-state index contributed by atoms with van der Waals surface area (Å²) in [6, 6.07) is 3.96. The monoisotopic (exact) mass is 320 g/mol. The van der Waals surface area contributed by atoms with Gasteiger partial charge in [0.1, 0.15) is 11.6 Å². The third-order valence-corrected chi connectivity index (χ3v) is 4.33. The number of nitrogens with zero attached hydrogens (tertiary/aromatic N) is 3. The molecule has 0 spiro atoms. The van der Waals surface area contributed by atoms with Gasteiger partial charge < -0.3 is 9.73 Å². The zero-order valence-electron chi connectivity index (χ0n) is 12.8. The number of hydrogen-bond donors (Lipinski definition) is 1. The van der Waals surface area contributed by atoms with E-state index in [1.807, 2.05) is 26.0 Å². The van der Waals surface area contributed by atoms with Crippen molar-refractivity contribution >= 4 is 17.7 Å². The van der Waals surface area contributed by atoms with E-state index >= 15 is 0 Å². The summed E-state index contributed by atoms with van der Waals surface area (Å²) in [7, 11) is 0. The Morgan fingerprint density at radius 2 is 2.32 bits per heavy atom. The molecule has 6 nitrogen and oxygen atoms in total. The predicted molar refractivity (Wildman–Crippen MR) is 83.8 cm³/mol. The second-order valence-corrected chi connectivity index (χ2v) is 6.73. The van der Waals surface area contributed by atoms with Gasteiger partial charge in [0.15, 0.2) is 5.16 Å². The summed E-state index contributed by atoms with van der Waals surface area (Å²) in [5, 5.41) is 12.2. The van der Waals surface area contributed by atoms with Crippen LogP contribution in [0, 0.1) is 0 Å². The van der Waals surface area contributed by atoms with Crippen LogP contribution in [0.4, 0.5) is 0 Å². The molecule has 0 bridgehead atoms. The molecule has 1 aliphatic rings. The molecule has 2 heterocycles. The van der Waals surface area contributed by atoms with E-state index in [4.69, 9.17) is 4.42 Å². The fourth-order valence-electron chi connectivity index (χ4n) is 2.25. The first kappa shape index (κ1) is 15.1. The molecule has 3 rings (SSSR count). The van der Waals surface area contributed by atoms with Gasteiger partial charge >= 0.3 is 0 Å². The fourth-order valence-corrected chi connectivity index (χ4v) is 3.01. The summed E-state index contributed by atoms with van der Waals surface area (Å²) in [4.78, 5) is 11.8. The molecule has 0 aliphatic heterocycles. The van der Waals surface area contributed by atoms with Gasteiger partial charge in [0.25, 0.3) is 0 Å². The topological polar surface area (TPSA) is 73.0 Å².